The van der Waals surface area contributed by atoms with Crippen molar-refractivity contribution in [3.05, 3.63) is 23.8 Å². The van der Waals surface area contributed by atoms with Crippen LogP contribution in [0.2, 0.25) is 0 Å². The Kier molecular flexibility index (Phi) is 8.14. The third-order valence-electron chi connectivity index (χ3n) is 7.68. The van der Waals surface area contributed by atoms with Crippen molar-refractivity contribution < 1.29 is 19.4 Å². The van der Waals surface area contributed by atoms with Gasteiger partial charge in [-0.15, -0.1) is 0 Å². The molecule has 0 aromatic heterocycles. The van der Waals surface area contributed by atoms with Crippen molar-refractivity contribution in [3.8, 4) is 5.75 Å². The van der Waals surface area contributed by atoms with Gasteiger partial charge in [0.25, 0.3) is 5.91 Å². The second kappa shape index (κ2) is 11.1. The van der Waals surface area contributed by atoms with Crippen molar-refractivity contribution in [2.24, 2.45) is 17.8 Å². The summed E-state index contributed by atoms with van der Waals surface area (Å²) in [5, 5.41) is 12.9. The Morgan fingerprint density at radius 1 is 1.21 bits per heavy atom. The van der Waals surface area contributed by atoms with Crippen molar-refractivity contribution in [2.75, 3.05) is 38.6 Å². The molecule has 1 aliphatic heterocycles. The molecular weight excluding hydrogens is 430 g/mol. The molecule has 34 heavy (non-hydrogen) atoms. The number of nitrogens with zero attached hydrogens (tertiary/aromatic N) is 2. The molecule has 1 heterocycles. The van der Waals surface area contributed by atoms with Gasteiger partial charge in [0.2, 0.25) is 5.91 Å². The zero-order valence-corrected chi connectivity index (χ0v) is 21.0. The lowest BCUT2D eigenvalue weighted by molar-refractivity contribution is -0.120. The Labute approximate surface area is 203 Å². The standard InChI is InChI=1S/C27H41N3O4/c1-18-14-30(19(2)17-31)27(33)22-10-7-11-23(28-26(32)21-8-5-4-6-9-21)25(22)34-24(18)16-29(3)15-20-12-13-20/h7,10-11,18-21,24,31H,4-6,8-9,12-17H2,1-3H3,(H,28,32)/t18-,19-,24+/m1/s1. The molecule has 0 saturated heterocycles. The maximum Gasteiger partial charge on any atom is 0.258 e. The Hall–Kier alpha value is -2.12. The first-order valence-corrected chi connectivity index (χ1v) is 13.1. The van der Waals surface area contributed by atoms with Crippen LogP contribution < -0.4 is 10.1 Å². The number of benzene rings is 1. The minimum atomic E-state index is -0.300. The van der Waals surface area contributed by atoms with Crippen LogP contribution in [0.25, 0.3) is 0 Å². The molecular formula is C27H41N3O4. The number of anilines is 1. The number of aliphatic hydroxyl groups excluding tert-OH is 1. The zero-order chi connectivity index (χ0) is 24.2. The first kappa shape index (κ1) is 25.0. The van der Waals surface area contributed by atoms with E-state index >= 15 is 0 Å². The van der Waals surface area contributed by atoms with Crippen LogP contribution in [0.1, 0.15) is 69.2 Å². The van der Waals surface area contributed by atoms with E-state index in [0.717, 1.165) is 44.7 Å². The highest BCUT2D eigenvalue weighted by molar-refractivity contribution is 6.02. The molecule has 2 aliphatic carbocycles. The molecule has 3 aliphatic rings. The fourth-order valence-corrected chi connectivity index (χ4v) is 5.28. The number of likely N-dealkylation sites (N-methyl/N-ethyl adjacent to an activating group) is 1. The summed E-state index contributed by atoms with van der Waals surface area (Å²) in [5.74, 6) is 1.17. The van der Waals surface area contributed by atoms with Crippen molar-refractivity contribution in [1.29, 1.82) is 0 Å². The molecule has 0 unspecified atom stereocenters. The molecule has 1 aromatic carbocycles. The smallest absolute Gasteiger partial charge is 0.258 e. The molecule has 188 valence electrons. The second-order valence-electron chi connectivity index (χ2n) is 10.8. The van der Waals surface area contributed by atoms with Gasteiger partial charge in [0.15, 0.2) is 5.75 Å². The maximum atomic E-state index is 13.6. The van der Waals surface area contributed by atoms with Crippen molar-refractivity contribution in [1.82, 2.24) is 9.80 Å². The number of rotatable bonds is 8. The predicted octanol–water partition coefficient (Wildman–Crippen LogP) is 3.77. The van der Waals surface area contributed by atoms with Gasteiger partial charge >= 0.3 is 0 Å². The molecule has 2 amide bonds. The highest BCUT2D eigenvalue weighted by Gasteiger charge is 2.35. The van der Waals surface area contributed by atoms with Crippen LogP contribution in [0.5, 0.6) is 5.75 Å². The number of nitrogens with one attached hydrogen (secondary N) is 1. The van der Waals surface area contributed by atoms with Crippen LogP contribution in [0.4, 0.5) is 5.69 Å². The van der Waals surface area contributed by atoms with E-state index in [1.165, 1.54) is 19.3 Å². The monoisotopic (exact) mass is 471 g/mol. The molecule has 7 heteroatoms. The average Bonchev–Trinajstić information content (AvgIpc) is 3.65. The van der Waals surface area contributed by atoms with Crippen LogP contribution in [0.15, 0.2) is 18.2 Å². The van der Waals surface area contributed by atoms with Gasteiger partial charge in [-0.05, 0) is 57.7 Å². The minimum Gasteiger partial charge on any atom is -0.486 e. The highest BCUT2D eigenvalue weighted by atomic mass is 16.5. The highest BCUT2D eigenvalue weighted by Crippen LogP contribution is 2.36. The number of amides is 2. The lowest BCUT2D eigenvalue weighted by Crippen LogP contribution is -2.50. The molecule has 2 saturated carbocycles. The SMILES string of the molecule is C[C@@H]1CN([C@H](C)CO)C(=O)c2cccc(NC(=O)C3CCCCC3)c2O[C@H]1CN(C)CC1CC1. The molecule has 1 aromatic rings. The van der Waals surface area contributed by atoms with Gasteiger partial charge in [-0.2, -0.15) is 0 Å². The largest absolute Gasteiger partial charge is 0.486 e. The summed E-state index contributed by atoms with van der Waals surface area (Å²) in [7, 11) is 2.13. The molecule has 0 radical (unpaired) electrons. The van der Waals surface area contributed by atoms with E-state index in [2.05, 4.69) is 24.2 Å². The van der Waals surface area contributed by atoms with Gasteiger partial charge in [-0.1, -0.05) is 32.3 Å². The topological polar surface area (TPSA) is 82.1 Å². The van der Waals surface area contributed by atoms with E-state index in [0.29, 0.717) is 23.5 Å². The molecule has 3 atom stereocenters. The fourth-order valence-electron chi connectivity index (χ4n) is 5.28. The number of ether oxygens (including phenoxy) is 1. The van der Waals surface area contributed by atoms with Gasteiger partial charge < -0.3 is 25.0 Å². The molecule has 2 fully saturated rings. The molecule has 2 N–H and O–H groups in total. The van der Waals surface area contributed by atoms with Crippen LogP contribution in [0, 0.1) is 17.8 Å². The summed E-state index contributed by atoms with van der Waals surface area (Å²) in [4.78, 5) is 30.7. The summed E-state index contributed by atoms with van der Waals surface area (Å²) < 4.78 is 6.61. The third-order valence-corrected chi connectivity index (χ3v) is 7.68. The van der Waals surface area contributed by atoms with Crippen molar-refractivity contribution >= 4 is 17.5 Å². The van der Waals surface area contributed by atoms with E-state index < -0.39 is 0 Å². The van der Waals surface area contributed by atoms with Crippen molar-refractivity contribution in [3.63, 3.8) is 0 Å². The van der Waals surface area contributed by atoms with Gasteiger partial charge in [0.1, 0.15) is 6.10 Å². The number of carbonyl (C=O) groups excluding carboxylic acids is 2. The summed E-state index contributed by atoms with van der Waals surface area (Å²) in [6.45, 7) is 6.19. The van der Waals surface area contributed by atoms with E-state index in [1.54, 1.807) is 17.0 Å². The van der Waals surface area contributed by atoms with Gasteiger partial charge in [0, 0.05) is 31.5 Å². The zero-order valence-electron chi connectivity index (χ0n) is 21.0. The normalized spacial score (nSPS) is 24.7. The minimum absolute atomic E-state index is 0.0131. The lowest BCUT2D eigenvalue weighted by Gasteiger charge is -2.38. The molecule has 4 rings (SSSR count). The number of carbonyl (C=O) groups is 2. The van der Waals surface area contributed by atoms with E-state index in [-0.39, 0.29) is 42.4 Å². The summed E-state index contributed by atoms with van der Waals surface area (Å²) in [5.41, 5.74) is 1.02. The maximum absolute atomic E-state index is 13.6. The van der Waals surface area contributed by atoms with Gasteiger partial charge in [-0.3, -0.25) is 9.59 Å². The average molecular weight is 472 g/mol. The van der Waals surface area contributed by atoms with Crippen LogP contribution >= 0.6 is 0 Å². The molecule has 0 spiro atoms. The molecule has 0 bridgehead atoms. The first-order valence-electron chi connectivity index (χ1n) is 13.1. The third kappa shape index (κ3) is 5.92. The Morgan fingerprint density at radius 2 is 1.94 bits per heavy atom. The lowest BCUT2D eigenvalue weighted by atomic mass is 9.88. The Bertz CT molecular complexity index is 865. The van der Waals surface area contributed by atoms with Gasteiger partial charge in [0.05, 0.1) is 23.9 Å². The number of fused-ring (bicyclic) bond motifs is 1. The number of hydrogen-bond acceptors (Lipinski definition) is 5. The van der Waals surface area contributed by atoms with Crippen LogP contribution in [-0.4, -0.2) is 72.2 Å². The summed E-state index contributed by atoms with van der Waals surface area (Å²) in [6.07, 6.45) is 7.62. The predicted molar refractivity (Wildman–Crippen MR) is 133 cm³/mol. The second-order valence-corrected chi connectivity index (χ2v) is 10.8. The molecule has 7 nitrogen and oxygen atoms in total. The van der Waals surface area contributed by atoms with Crippen molar-refractivity contribution in [2.45, 2.75) is 70.9 Å². The number of para-hydroxylation sites is 1. The fraction of sp³-hybridized carbons (Fsp3) is 0.704. The Balaban J connectivity index is 1.64. The van der Waals surface area contributed by atoms with Gasteiger partial charge in [-0.25, -0.2) is 0 Å². The number of hydrogen-bond donors (Lipinski definition) is 2. The van der Waals surface area contributed by atoms with E-state index in [9.17, 15) is 14.7 Å². The van der Waals surface area contributed by atoms with E-state index in [1.807, 2.05) is 13.0 Å². The van der Waals surface area contributed by atoms with Crippen LogP contribution in [0.3, 0.4) is 0 Å². The summed E-state index contributed by atoms with van der Waals surface area (Å²) >= 11 is 0. The quantitative estimate of drug-likeness (QED) is 0.603. The summed E-state index contributed by atoms with van der Waals surface area (Å²) in [6, 6.07) is 5.11. The Morgan fingerprint density at radius 3 is 2.62 bits per heavy atom. The number of aliphatic hydroxyl groups is 1. The van der Waals surface area contributed by atoms with E-state index in [4.69, 9.17) is 4.74 Å². The van der Waals surface area contributed by atoms with Crippen LogP contribution in [-0.2, 0) is 4.79 Å². The first-order chi connectivity index (χ1) is 16.4.